The Morgan fingerprint density at radius 1 is 0.826 bits per heavy atom. The van der Waals surface area contributed by atoms with Gasteiger partial charge < -0.3 is 14.4 Å². The van der Waals surface area contributed by atoms with Crippen LogP contribution in [-0.2, 0) is 32.9 Å². The Balaban J connectivity index is 0.000000303. The van der Waals surface area contributed by atoms with E-state index < -0.39 is 6.85 Å². The van der Waals surface area contributed by atoms with Gasteiger partial charge in [-0.05, 0) is 71.4 Å². The number of furan rings is 1. The summed E-state index contributed by atoms with van der Waals surface area (Å²) in [5.74, 6) is -0.377. The summed E-state index contributed by atoms with van der Waals surface area (Å²) in [6, 6.07) is 36.8. The van der Waals surface area contributed by atoms with Crippen LogP contribution in [0.5, 0.6) is 0 Å². The van der Waals surface area contributed by atoms with Crippen LogP contribution >= 0.6 is 0 Å². The number of nitrogens with zero attached hydrogens (tertiary/aromatic N) is 3. The van der Waals surface area contributed by atoms with Gasteiger partial charge in [-0.1, -0.05) is 74.2 Å². The number of rotatable bonds is 5. The van der Waals surface area contributed by atoms with Gasteiger partial charge in [0.2, 0.25) is 5.71 Å². The van der Waals surface area contributed by atoms with Crippen molar-refractivity contribution in [3.8, 4) is 22.5 Å². The topological polar surface area (TPSA) is 51.8 Å². The average molecular weight is 787 g/mol. The van der Waals surface area contributed by atoms with Crippen molar-refractivity contribution in [3.63, 3.8) is 0 Å². The summed E-state index contributed by atoms with van der Waals surface area (Å²) >= 11 is 0. The van der Waals surface area contributed by atoms with Crippen molar-refractivity contribution in [2.24, 2.45) is 5.41 Å². The predicted octanol–water partition coefficient (Wildman–Crippen LogP) is 10.0. The largest absolute Gasteiger partial charge is 0.486 e. The third kappa shape index (κ3) is 7.82. The van der Waals surface area contributed by atoms with Crippen LogP contribution in [0.15, 0.2) is 114 Å². The van der Waals surface area contributed by atoms with Crippen LogP contribution in [0.4, 0.5) is 4.39 Å². The molecule has 7 aromatic rings. The molecule has 4 aromatic heterocycles. The average Bonchev–Trinajstić information content (AvgIpc) is 3.45. The van der Waals surface area contributed by atoms with Crippen molar-refractivity contribution in [1.82, 2.24) is 15.0 Å². The van der Waals surface area contributed by atoms with Crippen LogP contribution < -0.4 is 0 Å². The first-order chi connectivity index (χ1) is 22.9. The SMILES string of the molecule is [2H]C([2H])([2H])c1ccc2c(n1)oc1c(-c3cc(Cc4ccc(CC(C)(C)C)cc4)c(F)cn3)[c-]ccc12.[Ir].[c-]1ccccc1-c1ccccn1. The fourth-order valence-electron chi connectivity index (χ4n) is 5.25. The van der Waals surface area contributed by atoms with Crippen molar-refractivity contribution in [1.29, 1.82) is 0 Å². The van der Waals surface area contributed by atoms with Crippen molar-refractivity contribution in [2.75, 3.05) is 0 Å². The van der Waals surface area contributed by atoms with E-state index in [0.29, 0.717) is 34.2 Å². The molecule has 0 aliphatic heterocycles. The number of aromatic nitrogens is 3. The molecule has 0 saturated heterocycles. The van der Waals surface area contributed by atoms with Gasteiger partial charge in [-0.2, -0.15) is 0 Å². The van der Waals surface area contributed by atoms with Crippen molar-refractivity contribution >= 4 is 22.1 Å². The molecule has 3 aromatic carbocycles. The van der Waals surface area contributed by atoms with E-state index in [4.69, 9.17) is 8.53 Å². The Labute approximate surface area is 287 Å². The summed E-state index contributed by atoms with van der Waals surface area (Å²) in [4.78, 5) is 12.7. The fourth-order valence-corrected chi connectivity index (χ4v) is 5.25. The first kappa shape index (κ1) is 28.9. The van der Waals surface area contributed by atoms with E-state index >= 15 is 0 Å². The van der Waals surface area contributed by atoms with E-state index in [-0.39, 0.29) is 42.7 Å². The maximum atomic E-state index is 14.8. The van der Waals surface area contributed by atoms with E-state index in [1.165, 1.54) is 17.8 Å². The van der Waals surface area contributed by atoms with Crippen molar-refractivity contribution < 1.29 is 33.0 Å². The summed E-state index contributed by atoms with van der Waals surface area (Å²) in [7, 11) is 0. The molecule has 1 radical (unpaired) electrons. The molecule has 0 aliphatic rings. The van der Waals surface area contributed by atoms with Gasteiger partial charge >= 0.3 is 0 Å². The van der Waals surface area contributed by atoms with E-state index in [1.54, 1.807) is 24.4 Å². The van der Waals surface area contributed by atoms with Crippen LogP contribution in [-0.4, -0.2) is 15.0 Å². The first-order valence-electron chi connectivity index (χ1n) is 16.3. The molecule has 0 saturated carbocycles. The van der Waals surface area contributed by atoms with E-state index in [1.807, 2.05) is 60.7 Å². The van der Waals surface area contributed by atoms with Gasteiger partial charge in [0, 0.05) is 41.5 Å². The van der Waals surface area contributed by atoms with Gasteiger partial charge in [0.25, 0.3) is 0 Å². The second-order valence-electron chi connectivity index (χ2n) is 12.1. The van der Waals surface area contributed by atoms with E-state index in [9.17, 15) is 4.39 Å². The van der Waals surface area contributed by atoms with Gasteiger partial charge in [-0.3, -0.25) is 0 Å². The molecule has 46 heavy (non-hydrogen) atoms. The Morgan fingerprint density at radius 3 is 2.35 bits per heavy atom. The van der Waals surface area contributed by atoms with Gasteiger partial charge in [-0.25, -0.2) is 9.37 Å². The van der Waals surface area contributed by atoms with Gasteiger partial charge in [0.05, 0.1) is 11.8 Å². The standard InChI is InChI=1S/C29H26FN2O.C11H8N.Ir/c1-18-8-13-23-22-6-5-7-24(27(22)33-28(23)32-18)26-15-21(25(30)17-31-26)14-19-9-11-20(12-10-19)16-29(2,3)4;1-2-6-10(7-3-1)11-8-4-5-9-12-11;/h5-6,8-13,15,17H,14,16H2,1-4H3;1-6,8-9H;/q2*-1;/i1D3;;. The Kier molecular flexibility index (Phi) is 8.98. The minimum absolute atomic E-state index is 0. The zero-order valence-corrected chi connectivity index (χ0v) is 28.2. The van der Waals surface area contributed by atoms with Crippen molar-refractivity contribution in [2.45, 2.75) is 40.5 Å². The molecule has 0 spiro atoms. The van der Waals surface area contributed by atoms with E-state index in [0.717, 1.165) is 28.6 Å². The number of benzene rings is 3. The maximum Gasteiger partial charge on any atom is 0.216 e. The molecule has 0 aliphatic carbocycles. The summed E-state index contributed by atoms with van der Waals surface area (Å²) in [5, 5.41) is 1.47. The normalized spacial score (nSPS) is 12.4. The molecule has 4 heterocycles. The zero-order valence-electron chi connectivity index (χ0n) is 28.8. The molecule has 0 amide bonds. The maximum absolute atomic E-state index is 14.8. The Hall–Kier alpha value is -4.51. The fraction of sp³-hybridized carbons (Fsp3) is 0.175. The third-order valence-corrected chi connectivity index (χ3v) is 7.29. The predicted molar refractivity (Wildman–Crippen MR) is 179 cm³/mol. The molecule has 0 bridgehead atoms. The second-order valence-corrected chi connectivity index (χ2v) is 12.1. The molecular weight excluding hydrogens is 750 g/mol. The molecule has 0 fully saturated rings. The smallest absolute Gasteiger partial charge is 0.216 e. The quantitative estimate of drug-likeness (QED) is 0.163. The molecule has 0 N–H and O–H groups in total. The number of hydrogen-bond donors (Lipinski definition) is 0. The molecule has 233 valence electrons. The van der Waals surface area contributed by atoms with E-state index in [2.05, 4.69) is 60.0 Å². The molecule has 0 unspecified atom stereocenters. The van der Waals surface area contributed by atoms with Crippen LogP contribution in [0.3, 0.4) is 0 Å². The van der Waals surface area contributed by atoms with Crippen LogP contribution in [0.25, 0.3) is 44.6 Å². The number of halogens is 1. The van der Waals surface area contributed by atoms with Crippen molar-refractivity contribution in [3.05, 3.63) is 150 Å². The number of aryl methyl sites for hydroxylation is 1. The van der Waals surface area contributed by atoms with Gasteiger partial charge in [0.1, 0.15) is 5.82 Å². The molecule has 4 nitrogen and oxygen atoms in total. The first-order valence-corrected chi connectivity index (χ1v) is 14.8. The number of hydrogen-bond acceptors (Lipinski definition) is 4. The monoisotopic (exact) mass is 787 g/mol. The van der Waals surface area contributed by atoms with Crippen LogP contribution in [0, 0.1) is 30.2 Å². The summed E-state index contributed by atoms with van der Waals surface area (Å²) in [5.41, 5.74) is 6.78. The van der Waals surface area contributed by atoms with Gasteiger partial charge in [-0.15, -0.1) is 54.1 Å². The van der Waals surface area contributed by atoms with Crippen LogP contribution in [0.1, 0.15) is 47.3 Å². The summed E-state index contributed by atoms with van der Waals surface area (Å²) < 4.78 is 43.6. The summed E-state index contributed by atoms with van der Waals surface area (Å²) in [6.07, 6.45) is 4.41. The third-order valence-electron chi connectivity index (χ3n) is 7.29. The number of fused-ring (bicyclic) bond motifs is 3. The molecule has 6 heteroatoms. The zero-order chi connectivity index (χ0) is 33.9. The molecule has 0 atom stereocenters. The second kappa shape index (κ2) is 14.3. The minimum Gasteiger partial charge on any atom is -0.486 e. The summed E-state index contributed by atoms with van der Waals surface area (Å²) in [6.45, 7) is 4.28. The molecular formula is C40H34FIrN3O-2. The molecule has 7 rings (SSSR count). The number of pyridine rings is 3. The van der Waals surface area contributed by atoms with Gasteiger partial charge in [0.15, 0.2) is 0 Å². The Morgan fingerprint density at radius 2 is 1.63 bits per heavy atom. The van der Waals surface area contributed by atoms with Crippen LogP contribution in [0.2, 0.25) is 0 Å². The Bertz CT molecular complexity index is 2130. The minimum atomic E-state index is -2.33.